The molecule has 0 spiro atoms. The van der Waals surface area contributed by atoms with Gasteiger partial charge in [0.05, 0.1) is 30.8 Å². The molecular weight excluding hydrogens is 384 g/mol. The van der Waals surface area contributed by atoms with E-state index in [1.807, 2.05) is 42.5 Å². The molecule has 2 aromatic heterocycles. The smallest absolute Gasteiger partial charge is 0.274 e. The van der Waals surface area contributed by atoms with Gasteiger partial charge in [-0.15, -0.1) is 0 Å². The number of methoxy groups -OCH3 is 1. The van der Waals surface area contributed by atoms with E-state index < -0.39 is 0 Å². The van der Waals surface area contributed by atoms with Gasteiger partial charge in [0.15, 0.2) is 11.5 Å². The third-order valence-electron chi connectivity index (χ3n) is 4.67. The van der Waals surface area contributed by atoms with Crippen molar-refractivity contribution < 1.29 is 14.1 Å². The van der Waals surface area contributed by atoms with E-state index in [1.165, 1.54) is 4.68 Å². The Morgan fingerprint density at radius 1 is 1.10 bits per heavy atom. The minimum atomic E-state index is -0.388. The summed E-state index contributed by atoms with van der Waals surface area (Å²) in [7, 11) is 1.56. The van der Waals surface area contributed by atoms with Crippen molar-refractivity contribution in [3.05, 3.63) is 82.4 Å². The summed E-state index contributed by atoms with van der Waals surface area (Å²) in [6.45, 7) is 0.823. The van der Waals surface area contributed by atoms with Gasteiger partial charge in [0.2, 0.25) is 0 Å². The van der Waals surface area contributed by atoms with E-state index in [0.717, 1.165) is 5.56 Å². The van der Waals surface area contributed by atoms with Crippen molar-refractivity contribution in [3.63, 3.8) is 0 Å². The van der Waals surface area contributed by atoms with Crippen LogP contribution in [0.5, 0.6) is 0 Å². The van der Waals surface area contributed by atoms with Crippen LogP contribution in [0.25, 0.3) is 22.1 Å². The lowest BCUT2D eigenvalue weighted by molar-refractivity contribution is 0.0941. The summed E-state index contributed by atoms with van der Waals surface area (Å²) in [4.78, 5) is 25.2. The molecule has 0 unspecified atom stereocenters. The monoisotopic (exact) mass is 404 g/mol. The van der Waals surface area contributed by atoms with Crippen molar-refractivity contribution in [2.75, 3.05) is 13.7 Å². The van der Waals surface area contributed by atoms with Crippen LogP contribution in [-0.4, -0.2) is 34.6 Å². The van der Waals surface area contributed by atoms with Crippen LogP contribution >= 0.6 is 0 Å². The van der Waals surface area contributed by atoms with Gasteiger partial charge in [-0.1, -0.05) is 53.7 Å². The Morgan fingerprint density at radius 3 is 2.60 bits per heavy atom. The molecule has 2 aromatic carbocycles. The molecule has 30 heavy (non-hydrogen) atoms. The first-order valence-electron chi connectivity index (χ1n) is 9.45. The molecule has 1 N–H and O–H groups in total. The second-order valence-corrected chi connectivity index (χ2v) is 6.64. The quantitative estimate of drug-likeness (QED) is 0.508. The first-order valence-corrected chi connectivity index (χ1v) is 9.45. The van der Waals surface area contributed by atoms with Crippen LogP contribution in [-0.2, 0) is 17.8 Å². The minimum Gasteiger partial charge on any atom is -0.383 e. The highest BCUT2D eigenvalue weighted by molar-refractivity contribution is 5.93. The standard InChI is InChI=1S/C22H20N4O4/c1-29-12-11-26-22(28)17-10-6-5-9-16(17)19(24-26)14-23-21(27)18-13-20(30-25-18)15-7-3-2-4-8-15/h2-10,13H,11-12,14H2,1H3,(H,23,27). The zero-order chi connectivity index (χ0) is 20.9. The fourth-order valence-electron chi connectivity index (χ4n) is 3.14. The average Bonchev–Trinajstić information content (AvgIpc) is 3.29. The highest BCUT2D eigenvalue weighted by Gasteiger charge is 2.15. The lowest BCUT2D eigenvalue weighted by Crippen LogP contribution is -2.29. The Kier molecular flexibility index (Phi) is 5.67. The number of hydrogen-bond donors (Lipinski definition) is 1. The maximum atomic E-state index is 12.6. The third-order valence-corrected chi connectivity index (χ3v) is 4.67. The summed E-state index contributed by atoms with van der Waals surface area (Å²) in [5, 5.41) is 12.3. The predicted octanol–water partition coefficient (Wildman–Crippen LogP) is 2.63. The number of nitrogens with zero attached hydrogens (tertiary/aromatic N) is 3. The number of fused-ring (bicyclic) bond motifs is 1. The molecule has 0 fully saturated rings. The fraction of sp³-hybridized carbons (Fsp3) is 0.182. The van der Waals surface area contributed by atoms with Crippen LogP contribution in [0, 0.1) is 0 Å². The molecule has 4 aromatic rings. The maximum Gasteiger partial charge on any atom is 0.274 e. The van der Waals surface area contributed by atoms with E-state index in [1.54, 1.807) is 25.3 Å². The van der Waals surface area contributed by atoms with E-state index in [0.29, 0.717) is 35.4 Å². The summed E-state index contributed by atoms with van der Waals surface area (Å²) in [6.07, 6.45) is 0. The summed E-state index contributed by atoms with van der Waals surface area (Å²) in [5.41, 5.74) is 1.40. The molecule has 0 atom stereocenters. The maximum absolute atomic E-state index is 12.6. The molecule has 1 amide bonds. The van der Waals surface area contributed by atoms with Gasteiger partial charge < -0.3 is 14.6 Å². The molecule has 152 valence electrons. The number of benzene rings is 2. The lowest BCUT2D eigenvalue weighted by atomic mass is 10.1. The van der Waals surface area contributed by atoms with Gasteiger partial charge >= 0.3 is 0 Å². The van der Waals surface area contributed by atoms with Gasteiger partial charge in [-0.05, 0) is 6.07 Å². The fourth-order valence-corrected chi connectivity index (χ4v) is 3.14. The molecule has 0 bridgehead atoms. The number of carbonyl (C=O) groups excluding carboxylic acids is 1. The van der Waals surface area contributed by atoms with Crippen molar-refractivity contribution in [3.8, 4) is 11.3 Å². The van der Waals surface area contributed by atoms with Crippen LogP contribution in [0.2, 0.25) is 0 Å². The SMILES string of the molecule is COCCn1nc(CNC(=O)c2cc(-c3ccccc3)on2)c2ccccc2c1=O. The van der Waals surface area contributed by atoms with E-state index in [9.17, 15) is 9.59 Å². The van der Waals surface area contributed by atoms with E-state index in [-0.39, 0.29) is 23.7 Å². The van der Waals surface area contributed by atoms with Gasteiger partial charge in [-0.25, -0.2) is 4.68 Å². The Balaban J connectivity index is 1.56. The molecule has 0 radical (unpaired) electrons. The Labute approximate surface area is 172 Å². The number of amides is 1. The van der Waals surface area contributed by atoms with Crippen molar-refractivity contribution in [2.24, 2.45) is 0 Å². The van der Waals surface area contributed by atoms with Gasteiger partial charge in [0.25, 0.3) is 11.5 Å². The molecule has 4 rings (SSSR count). The molecule has 2 heterocycles. The van der Waals surface area contributed by atoms with Gasteiger partial charge in [-0.3, -0.25) is 9.59 Å². The number of aromatic nitrogens is 3. The van der Waals surface area contributed by atoms with Crippen molar-refractivity contribution in [1.82, 2.24) is 20.3 Å². The van der Waals surface area contributed by atoms with Gasteiger partial charge in [0, 0.05) is 24.1 Å². The lowest BCUT2D eigenvalue weighted by Gasteiger charge is -2.11. The van der Waals surface area contributed by atoms with E-state index in [4.69, 9.17) is 9.26 Å². The zero-order valence-corrected chi connectivity index (χ0v) is 16.4. The van der Waals surface area contributed by atoms with E-state index in [2.05, 4.69) is 15.6 Å². The van der Waals surface area contributed by atoms with Gasteiger partial charge in [-0.2, -0.15) is 5.10 Å². The van der Waals surface area contributed by atoms with Crippen LogP contribution in [0.3, 0.4) is 0 Å². The summed E-state index contributed by atoms with van der Waals surface area (Å²) in [5.74, 6) is 0.124. The first-order chi connectivity index (χ1) is 14.7. The molecule has 0 aliphatic heterocycles. The molecule has 8 nitrogen and oxygen atoms in total. The first kappa shape index (κ1) is 19.5. The van der Waals surface area contributed by atoms with Crippen LogP contribution in [0.15, 0.2) is 70.0 Å². The molecule has 0 aliphatic carbocycles. The van der Waals surface area contributed by atoms with Crippen LogP contribution < -0.4 is 10.9 Å². The second kappa shape index (κ2) is 8.71. The van der Waals surface area contributed by atoms with Crippen LogP contribution in [0.1, 0.15) is 16.2 Å². The van der Waals surface area contributed by atoms with Crippen molar-refractivity contribution in [2.45, 2.75) is 13.1 Å². The third kappa shape index (κ3) is 3.99. The predicted molar refractivity (Wildman–Crippen MR) is 111 cm³/mol. The highest BCUT2D eigenvalue weighted by Crippen LogP contribution is 2.20. The topological polar surface area (TPSA) is 99.2 Å². The summed E-state index contributed by atoms with van der Waals surface area (Å²) in [6, 6.07) is 18.2. The average molecular weight is 404 g/mol. The number of hydrogen-bond acceptors (Lipinski definition) is 6. The Hall–Kier alpha value is -3.78. The summed E-state index contributed by atoms with van der Waals surface area (Å²) >= 11 is 0. The normalized spacial score (nSPS) is 11.0. The van der Waals surface area contributed by atoms with Crippen molar-refractivity contribution in [1.29, 1.82) is 0 Å². The Bertz CT molecular complexity index is 1230. The molecule has 8 heteroatoms. The summed E-state index contributed by atoms with van der Waals surface area (Å²) < 4.78 is 11.7. The van der Waals surface area contributed by atoms with Gasteiger partial charge in [0.1, 0.15) is 0 Å². The van der Waals surface area contributed by atoms with Crippen molar-refractivity contribution >= 4 is 16.7 Å². The van der Waals surface area contributed by atoms with Crippen LogP contribution in [0.4, 0.5) is 0 Å². The number of carbonyl (C=O) groups is 1. The van der Waals surface area contributed by atoms with E-state index >= 15 is 0 Å². The molecular formula is C22H20N4O4. The highest BCUT2D eigenvalue weighted by atomic mass is 16.5. The number of nitrogens with one attached hydrogen (secondary N) is 1. The number of ether oxygens (including phenoxy) is 1. The zero-order valence-electron chi connectivity index (χ0n) is 16.4. The number of rotatable bonds is 7. The largest absolute Gasteiger partial charge is 0.383 e. The molecule has 0 saturated carbocycles. The molecule has 0 aliphatic rings. The minimum absolute atomic E-state index is 0.139. The second-order valence-electron chi connectivity index (χ2n) is 6.64. The Morgan fingerprint density at radius 2 is 1.83 bits per heavy atom. The molecule has 0 saturated heterocycles.